The van der Waals surface area contributed by atoms with Gasteiger partial charge >= 0.3 is 0 Å². The van der Waals surface area contributed by atoms with Crippen molar-refractivity contribution in [3.05, 3.63) is 70.2 Å². The molecule has 1 fully saturated rings. The van der Waals surface area contributed by atoms with Crippen LogP contribution in [-0.2, 0) is 4.79 Å². The van der Waals surface area contributed by atoms with E-state index in [4.69, 9.17) is 11.6 Å². The number of hydrogen-bond donors (Lipinski definition) is 1. The van der Waals surface area contributed by atoms with Gasteiger partial charge in [0.05, 0.1) is 11.1 Å². The monoisotopic (exact) mass is 463 g/mol. The number of nitrogens with one attached hydrogen (secondary N) is 1. The average molecular weight is 464 g/mol. The molecule has 1 aliphatic heterocycles. The zero-order valence-corrected chi connectivity index (χ0v) is 18.5. The molecule has 1 heterocycles. The van der Waals surface area contributed by atoms with Crippen molar-refractivity contribution in [2.45, 2.75) is 19.9 Å². The van der Waals surface area contributed by atoms with Gasteiger partial charge in [0, 0.05) is 31.2 Å². The van der Waals surface area contributed by atoms with Gasteiger partial charge in [-0.3, -0.25) is 14.4 Å². The van der Waals surface area contributed by atoms with Gasteiger partial charge in [-0.1, -0.05) is 37.6 Å². The van der Waals surface area contributed by atoms with Gasteiger partial charge in [-0.15, -0.1) is 0 Å². The molecule has 0 aliphatic carbocycles. The zero-order chi connectivity index (χ0) is 23.4. The summed E-state index contributed by atoms with van der Waals surface area (Å²) in [7, 11) is 0. The summed E-state index contributed by atoms with van der Waals surface area (Å²) in [5.41, 5.74) is -0.251. The second-order valence-electron chi connectivity index (χ2n) is 7.92. The summed E-state index contributed by atoms with van der Waals surface area (Å²) in [6.45, 7) is 4.44. The Bertz CT molecular complexity index is 1020. The van der Waals surface area contributed by atoms with Crippen LogP contribution < -0.4 is 5.32 Å². The van der Waals surface area contributed by atoms with Crippen LogP contribution in [0.5, 0.6) is 0 Å². The molecular weight excluding hydrogens is 440 g/mol. The molecule has 0 spiro atoms. The van der Waals surface area contributed by atoms with Crippen LogP contribution in [0.3, 0.4) is 0 Å². The van der Waals surface area contributed by atoms with Crippen molar-refractivity contribution in [3.63, 3.8) is 0 Å². The third kappa shape index (κ3) is 5.24. The molecule has 0 bridgehead atoms. The Balaban J connectivity index is 1.65. The van der Waals surface area contributed by atoms with Gasteiger partial charge in [-0.2, -0.15) is 0 Å². The molecule has 0 saturated carbocycles. The number of hydrogen-bond acceptors (Lipinski definition) is 3. The average Bonchev–Trinajstić information content (AvgIpc) is 2.78. The maximum atomic E-state index is 14.0. The van der Waals surface area contributed by atoms with E-state index in [1.807, 2.05) is 0 Å². The molecule has 0 aromatic heterocycles. The Morgan fingerprint density at radius 3 is 2.12 bits per heavy atom. The van der Waals surface area contributed by atoms with Crippen LogP contribution in [0.25, 0.3) is 0 Å². The normalized spacial score (nSPS) is 14.9. The quantitative estimate of drug-likeness (QED) is 0.739. The van der Waals surface area contributed by atoms with Crippen molar-refractivity contribution >= 4 is 29.3 Å². The minimum Gasteiger partial charge on any atom is -0.340 e. The van der Waals surface area contributed by atoms with Crippen molar-refractivity contribution in [2.75, 3.05) is 26.2 Å². The number of nitrogens with zero attached hydrogens (tertiary/aromatic N) is 2. The summed E-state index contributed by atoms with van der Waals surface area (Å²) in [5, 5.41) is 2.89. The van der Waals surface area contributed by atoms with Crippen molar-refractivity contribution in [2.24, 2.45) is 5.92 Å². The van der Waals surface area contributed by atoms with Gasteiger partial charge in [-0.25, -0.2) is 8.78 Å². The SMILES string of the molecule is CC(C)C(NC(=O)c1ccccc1F)C(=O)N1CCN(C(=O)c2cc(Cl)ccc2F)CC1. The van der Waals surface area contributed by atoms with E-state index in [0.29, 0.717) is 0 Å². The largest absolute Gasteiger partial charge is 0.340 e. The molecule has 0 radical (unpaired) electrons. The van der Waals surface area contributed by atoms with Gasteiger partial charge in [0.15, 0.2) is 0 Å². The lowest BCUT2D eigenvalue weighted by atomic mass is 10.0. The fourth-order valence-electron chi connectivity index (χ4n) is 3.54. The summed E-state index contributed by atoms with van der Waals surface area (Å²) in [6.07, 6.45) is 0. The molecule has 32 heavy (non-hydrogen) atoms. The highest BCUT2D eigenvalue weighted by Gasteiger charge is 2.33. The first-order valence-corrected chi connectivity index (χ1v) is 10.7. The van der Waals surface area contributed by atoms with E-state index in [1.54, 1.807) is 24.8 Å². The Hall–Kier alpha value is -3.00. The molecule has 1 N–H and O–H groups in total. The Kier molecular flexibility index (Phi) is 7.45. The molecule has 1 unspecified atom stereocenters. The lowest BCUT2D eigenvalue weighted by molar-refractivity contribution is -0.135. The Labute approximate surface area is 190 Å². The number of amides is 3. The van der Waals surface area contributed by atoms with E-state index in [0.717, 1.165) is 6.07 Å². The fraction of sp³-hybridized carbons (Fsp3) is 0.348. The summed E-state index contributed by atoms with van der Waals surface area (Å²) in [4.78, 5) is 41.2. The van der Waals surface area contributed by atoms with Crippen molar-refractivity contribution in [1.82, 2.24) is 15.1 Å². The second-order valence-corrected chi connectivity index (χ2v) is 8.35. The van der Waals surface area contributed by atoms with Crippen LogP contribution in [0.2, 0.25) is 5.02 Å². The van der Waals surface area contributed by atoms with Gasteiger partial charge in [-0.05, 0) is 36.2 Å². The predicted octanol–water partition coefficient (Wildman–Crippen LogP) is 3.36. The van der Waals surface area contributed by atoms with E-state index < -0.39 is 29.5 Å². The summed E-state index contributed by atoms with van der Waals surface area (Å²) < 4.78 is 28.0. The first-order valence-electron chi connectivity index (χ1n) is 10.3. The summed E-state index contributed by atoms with van der Waals surface area (Å²) >= 11 is 5.88. The van der Waals surface area contributed by atoms with Crippen molar-refractivity contribution < 1.29 is 23.2 Å². The van der Waals surface area contributed by atoms with Crippen molar-refractivity contribution in [1.29, 1.82) is 0 Å². The van der Waals surface area contributed by atoms with Crippen LogP contribution in [0.1, 0.15) is 34.6 Å². The molecule has 9 heteroatoms. The number of benzene rings is 2. The molecule has 6 nitrogen and oxygen atoms in total. The molecule has 1 atom stereocenters. The molecule has 2 aromatic rings. The fourth-order valence-corrected chi connectivity index (χ4v) is 3.71. The number of halogens is 3. The standard InChI is InChI=1S/C23H24ClF2N3O3/c1-14(2)20(27-21(30)16-5-3-4-6-18(16)25)23(32)29-11-9-28(10-12-29)22(31)17-13-15(24)7-8-19(17)26/h3-8,13-14,20H,9-12H2,1-2H3,(H,27,30). The molecule has 3 amide bonds. The van der Waals surface area contributed by atoms with Gasteiger partial charge < -0.3 is 15.1 Å². The lowest BCUT2D eigenvalue weighted by Gasteiger charge is -2.37. The van der Waals surface area contributed by atoms with E-state index >= 15 is 0 Å². The van der Waals surface area contributed by atoms with Gasteiger partial charge in [0.2, 0.25) is 5.91 Å². The first-order chi connectivity index (χ1) is 15.2. The first kappa shape index (κ1) is 23.7. The minimum absolute atomic E-state index is 0.116. The predicted molar refractivity (Wildman–Crippen MR) is 116 cm³/mol. The third-order valence-electron chi connectivity index (χ3n) is 5.38. The van der Waals surface area contributed by atoms with Crippen LogP contribution in [0, 0.1) is 17.6 Å². The number of piperazine rings is 1. The van der Waals surface area contributed by atoms with Crippen LogP contribution >= 0.6 is 11.6 Å². The Morgan fingerprint density at radius 2 is 1.50 bits per heavy atom. The highest BCUT2D eigenvalue weighted by atomic mass is 35.5. The molecule has 2 aromatic carbocycles. The minimum atomic E-state index is -0.852. The van der Waals surface area contributed by atoms with E-state index in [-0.39, 0.29) is 54.2 Å². The smallest absolute Gasteiger partial charge is 0.257 e. The summed E-state index contributed by atoms with van der Waals surface area (Å²) in [6, 6.07) is 8.49. The topological polar surface area (TPSA) is 69.7 Å². The second kappa shape index (κ2) is 10.1. The highest BCUT2D eigenvalue weighted by molar-refractivity contribution is 6.31. The molecular formula is C23H24ClF2N3O3. The number of carbonyl (C=O) groups is 3. The molecule has 1 saturated heterocycles. The molecule has 170 valence electrons. The van der Waals surface area contributed by atoms with Crippen LogP contribution in [-0.4, -0.2) is 59.7 Å². The maximum absolute atomic E-state index is 14.0. The molecule has 1 aliphatic rings. The van der Waals surface area contributed by atoms with E-state index in [9.17, 15) is 23.2 Å². The molecule has 3 rings (SSSR count). The van der Waals surface area contributed by atoms with Crippen molar-refractivity contribution in [3.8, 4) is 0 Å². The van der Waals surface area contributed by atoms with Gasteiger partial charge in [0.25, 0.3) is 11.8 Å². The lowest BCUT2D eigenvalue weighted by Crippen LogP contribution is -2.57. The highest BCUT2D eigenvalue weighted by Crippen LogP contribution is 2.18. The van der Waals surface area contributed by atoms with E-state index in [2.05, 4.69) is 5.32 Å². The zero-order valence-electron chi connectivity index (χ0n) is 17.8. The number of carbonyl (C=O) groups excluding carboxylic acids is 3. The third-order valence-corrected chi connectivity index (χ3v) is 5.61. The number of rotatable bonds is 5. The maximum Gasteiger partial charge on any atom is 0.257 e. The Morgan fingerprint density at radius 1 is 0.906 bits per heavy atom. The van der Waals surface area contributed by atoms with Crippen LogP contribution in [0.15, 0.2) is 42.5 Å². The van der Waals surface area contributed by atoms with Crippen LogP contribution in [0.4, 0.5) is 8.78 Å². The van der Waals surface area contributed by atoms with E-state index in [1.165, 1.54) is 35.2 Å². The summed E-state index contributed by atoms with van der Waals surface area (Å²) in [5.74, 6) is -3.04. The van der Waals surface area contributed by atoms with Gasteiger partial charge in [0.1, 0.15) is 17.7 Å².